The zero-order chi connectivity index (χ0) is 13.2. The van der Waals surface area contributed by atoms with Crippen LogP contribution >= 0.6 is 15.9 Å². The Hall–Kier alpha value is -0.870. The molecule has 18 heavy (non-hydrogen) atoms. The van der Waals surface area contributed by atoms with Crippen molar-refractivity contribution in [1.29, 1.82) is 0 Å². The molecule has 1 saturated carbocycles. The van der Waals surface area contributed by atoms with Crippen LogP contribution in [-0.2, 0) is 10.2 Å². The molecule has 98 valence electrons. The van der Waals surface area contributed by atoms with Crippen molar-refractivity contribution in [2.45, 2.75) is 37.6 Å². The average molecular weight is 312 g/mol. The zero-order valence-corrected chi connectivity index (χ0v) is 12.0. The van der Waals surface area contributed by atoms with Crippen LogP contribution in [0.3, 0.4) is 0 Å². The van der Waals surface area contributed by atoms with Crippen LogP contribution in [0.1, 0.15) is 31.7 Å². The van der Waals surface area contributed by atoms with Gasteiger partial charge in [0.05, 0.1) is 5.41 Å². The summed E-state index contributed by atoms with van der Waals surface area (Å²) in [6, 6.07) is 7.97. The molecule has 1 atom stereocenters. The molecule has 0 aromatic heterocycles. The Morgan fingerprint density at radius 3 is 2.83 bits per heavy atom. The molecular formula is C14H18BrNO2. The minimum absolute atomic E-state index is 0.0205. The standard InChI is InChI=1S/C14H18BrNO2/c1-10(5-8-17)16-13(18)14(6-7-14)11-3-2-4-12(15)9-11/h2-4,9-10,17H,5-8H2,1H3,(H,16,18). The summed E-state index contributed by atoms with van der Waals surface area (Å²) in [4.78, 5) is 12.3. The van der Waals surface area contributed by atoms with Gasteiger partial charge in [-0.15, -0.1) is 0 Å². The monoisotopic (exact) mass is 311 g/mol. The van der Waals surface area contributed by atoms with E-state index in [1.54, 1.807) is 0 Å². The molecular weight excluding hydrogens is 294 g/mol. The summed E-state index contributed by atoms with van der Waals surface area (Å²) in [5.74, 6) is 0.0848. The highest BCUT2D eigenvalue weighted by molar-refractivity contribution is 9.10. The summed E-state index contributed by atoms with van der Waals surface area (Å²) in [5.41, 5.74) is 0.735. The van der Waals surface area contributed by atoms with E-state index in [4.69, 9.17) is 5.11 Å². The second-order valence-electron chi connectivity index (χ2n) is 4.98. The number of amides is 1. The highest BCUT2D eigenvalue weighted by atomic mass is 79.9. The topological polar surface area (TPSA) is 49.3 Å². The molecule has 0 radical (unpaired) electrons. The molecule has 3 nitrogen and oxygen atoms in total. The number of carbonyl (C=O) groups is 1. The second-order valence-corrected chi connectivity index (χ2v) is 5.89. The molecule has 1 amide bonds. The van der Waals surface area contributed by atoms with Gasteiger partial charge in [0, 0.05) is 17.1 Å². The first-order chi connectivity index (χ1) is 8.58. The third-order valence-electron chi connectivity index (χ3n) is 3.50. The van der Waals surface area contributed by atoms with E-state index >= 15 is 0 Å². The van der Waals surface area contributed by atoms with Gasteiger partial charge >= 0.3 is 0 Å². The minimum Gasteiger partial charge on any atom is -0.396 e. The number of halogens is 1. The molecule has 0 saturated heterocycles. The third-order valence-corrected chi connectivity index (χ3v) is 3.99. The normalized spacial score (nSPS) is 18.2. The van der Waals surface area contributed by atoms with Crippen molar-refractivity contribution in [3.8, 4) is 0 Å². The SMILES string of the molecule is CC(CCO)NC(=O)C1(c2cccc(Br)c2)CC1. The number of benzene rings is 1. The Balaban J connectivity index is 2.10. The fourth-order valence-corrected chi connectivity index (χ4v) is 2.58. The quantitative estimate of drug-likeness (QED) is 0.877. The minimum atomic E-state index is -0.340. The van der Waals surface area contributed by atoms with Gasteiger partial charge in [0.25, 0.3) is 0 Å². The molecule has 4 heteroatoms. The highest BCUT2D eigenvalue weighted by Gasteiger charge is 2.51. The molecule has 1 fully saturated rings. The Labute approximate surface area is 116 Å². The molecule has 2 N–H and O–H groups in total. The van der Waals surface area contributed by atoms with E-state index in [1.807, 2.05) is 31.2 Å². The summed E-state index contributed by atoms with van der Waals surface area (Å²) in [7, 11) is 0. The smallest absolute Gasteiger partial charge is 0.230 e. The summed E-state index contributed by atoms with van der Waals surface area (Å²) >= 11 is 3.44. The predicted molar refractivity (Wildman–Crippen MR) is 74.4 cm³/mol. The first-order valence-corrected chi connectivity index (χ1v) is 7.06. The van der Waals surface area contributed by atoms with Crippen molar-refractivity contribution < 1.29 is 9.90 Å². The van der Waals surface area contributed by atoms with Gasteiger partial charge < -0.3 is 10.4 Å². The Morgan fingerprint density at radius 2 is 2.28 bits per heavy atom. The first-order valence-electron chi connectivity index (χ1n) is 6.26. The summed E-state index contributed by atoms with van der Waals surface area (Å²) in [5, 5.41) is 11.9. The average Bonchev–Trinajstić information content (AvgIpc) is 3.10. The summed E-state index contributed by atoms with van der Waals surface area (Å²) in [6.45, 7) is 2.02. The van der Waals surface area contributed by atoms with Gasteiger partial charge in [-0.25, -0.2) is 0 Å². The van der Waals surface area contributed by atoms with Crippen LogP contribution in [0.15, 0.2) is 28.7 Å². The number of aliphatic hydroxyl groups excluding tert-OH is 1. The van der Waals surface area contributed by atoms with E-state index in [0.29, 0.717) is 6.42 Å². The van der Waals surface area contributed by atoms with Gasteiger partial charge in [-0.05, 0) is 43.9 Å². The van der Waals surface area contributed by atoms with Crippen molar-refractivity contribution >= 4 is 21.8 Å². The lowest BCUT2D eigenvalue weighted by Crippen LogP contribution is -2.40. The summed E-state index contributed by atoms with van der Waals surface area (Å²) < 4.78 is 1.00. The van der Waals surface area contributed by atoms with Crippen LogP contribution < -0.4 is 5.32 Å². The number of nitrogens with one attached hydrogen (secondary N) is 1. The lowest BCUT2D eigenvalue weighted by molar-refractivity contribution is -0.124. The largest absolute Gasteiger partial charge is 0.396 e. The van der Waals surface area contributed by atoms with E-state index in [0.717, 1.165) is 22.9 Å². The van der Waals surface area contributed by atoms with Crippen molar-refractivity contribution in [3.05, 3.63) is 34.3 Å². The zero-order valence-electron chi connectivity index (χ0n) is 10.4. The van der Waals surface area contributed by atoms with Gasteiger partial charge in [-0.1, -0.05) is 28.1 Å². The van der Waals surface area contributed by atoms with E-state index in [2.05, 4.69) is 21.2 Å². The van der Waals surface area contributed by atoms with Gasteiger partial charge in [0.15, 0.2) is 0 Å². The molecule has 0 bridgehead atoms. The van der Waals surface area contributed by atoms with Crippen molar-refractivity contribution in [1.82, 2.24) is 5.32 Å². The molecule has 0 aliphatic heterocycles. The maximum Gasteiger partial charge on any atom is 0.230 e. The van der Waals surface area contributed by atoms with Crippen LogP contribution in [0, 0.1) is 0 Å². The van der Waals surface area contributed by atoms with Gasteiger partial charge in [-0.2, -0.15) is 0 Å². The third kappa shape index (κ3) is 2.75. The van der Waals surface area contributed by atoms with Crippen LogP contribution in [0.4, 0.5) is 0 Å². The lowest BCUT2D eigenvalue weighted by atomic mass is 9.94. The molecule has 1 aromatic carbocycles. The maximum atomic E-state index is 12.3. The van der Waals surface area contributed by atoms with Gasteiger partial charge in [0.1, 0.15) is 0 Å². The van der Waals surface area contributed by atoms with E-state index in [9.17, 15) is 4.79 Å². The van der Waals surface area contributed by atoms with Crippen LogP contribution in [0.5, 0.6) is 0 Å². The number of hydrogen-bond acceptors (Lipinski definition) is 2. The van der Waals surface area contributed by atoms with Crippen LogP contribution in [-0.4, -0.2) is 23.7 Å². The molecule has 1 aliphatic carbocycles. The molecule has 1 aliphatic rings. The molecule has 1 aromatic rings. The first kappa shape index (κ1) is 13.6. The van der Waals surface area contributed by atoms with Gasteiger partial charge in [0.2, 0.25) is 5.91 Å². The van der Waals surface area contributed by atoms with Crippen LogP contribution in [0.25, 0.3) is 0 Å². The number of carbonyl (C=O) groups excluding carboxylic acids is 1. The fourth-order valence-electron chi connectivity index (χ4n) is 2.19. The lowest BCUT2D eigenvalue weighted by Gasteiger charge is -2.19. The highest BCUT2D eigenvalue weighted by Crippen LogP contribution is 2.48. The Morgan fingerprint density at radius 1 is 1.56 bits per heavy atom. The molecule has 0 heterocycles. The Bertz CT molecular complexity index is 443. The summed E-state index contributed by atoms with van der Waals surface area (Å²) in [6.07, 6.45) is 2.41. The van der Waals surface area contributed by atoms with Gasteiger partial charge in [-0.3, -0.25) is 4.79 Å². The molecule has 0 spiro atoms. The molecule has 1 unspecified atom stereocenters. The van der Waals surface area contributed by atoms with E-state index < -0.39 is 0 Å². The van der Waals surface area contributed by atoms with Crippen molar-refractivity contribution in [2.75, 3.05) is 6.61 Å². The van der Waals surface area contributed by atoms with Crippen molar-refractivity contribution in [2.24, 2.45) is 0 Å². The second kappa shape index (κ2) is 5.41. The number of aliphatic hydroxyl groups is 1. The van der Waals surface area contributed by atoms with E-state index in [1.165, 1.54) is 0 Å². The fraction of sp³-hybridized carbons (Fsp3) is 0.500. The van der Waals surface area contributed by atoms with Crippen LogP contribution in [0.2, 0.25) is 0 Å². The van der Waals surface area contributed by atoms with Crippen molar-refractivity contribution in [3.63, 3.8) is 0 Å². The molecule has 2 rings (SSSR count). The number of rotatable bonds is 5. The predicted octanol–water partition coefficient (Wildman–Crippen LogP) is 2.37. The Kier molecular flexibility index (Phi) is 4.07. The maximum absolute atomic E-state index is 12.3. The van der Waals surface area contributed by atoms with E-state index in [-0.39, 0.29) is 24.0 Å². The number of hydrogen-bond donors (Lipinski definition) is 2.